The molecule has 0 aliphatic carbocycles. The number of carbonyl (C=O) groups excluding carboxylic acids is 3. The quantitative estimate of drug-likeness (QED) is 0.311. The molecule has 0 atom stereocenters. The van der Waals surface area contributed by atoms with Crippen molar-refractivity contribution in [2.24, 2.45) is 16.7 Å². The van der Waals surface area contributed by atoms with Crippen molar-refractivity contribution in [1.82, 2.24) is 5.32 Å². The van der Waals surface area contributed by atoms with Crippen LogP contribution >= 0.6 is 0 Å². The van der Waals surface area contributed by atoms with Gasteiger partial charge in [0.1, 0.15) is 19.8 Å². The molecular weight excluding hydrogens is 326 g/mol. The van der Waals surface area contributed by atoms with Crippen molar-refractivity contribution >= 4 is 18.0 Å². The van der Waals surface area contributed by atoms with Crippen LogP contribution in [0.25, 0.3) is 0 Å². The molecule has 0 saturated carbocycles. The lowest BCUT2D eigenvalue weighted by molar-refractivity contribution is -0.159. The highest BCUT2D eigenvalue weighted by Gasteiger charge is 2.41. The van der Waals surface area contributed by atoms with Crippen molar-refractivity contribution < 1.29 is 28.6 Å². The van der Waals surface area contributed by atoms with Gasteiger partial charge in [-0.15, -0.1) is 0 Å². The SMILES string of the molecule is C=CC(=O)OCCNC(=O)OCCOC(=O)C(C(C)(C)C)C(C)(C)C. The normalized spacial score (nSPS) is 11.6. The van der Waals surface area contributed by atoms with E-state index in [0.717, 1.165) is 6.08 Å². The predicted octanol–water partition coefficient (Wildman–Crippen LogP) is 2.69. The van der Waals surface area contributed by atoms with E-state index in [4.69, 9.17) is 14.2 Å². The maximum absolute atomic E-state index is 12.3. The molecule has 0 radical (unpaired) electrons. The van der Waals surface area contributed by atoms with Crippen molar-refractivity contribution in [3.05, 3.63) is 12.7 Å². The van der Waals surface area contributed by atoms with E-state index in [9.17, 15) is 14.4 Å². The van der Waals surface area contributed by atoms with Crippen molar-refractivity contribution in [2.75, 3.05) is 26.4 Å². The van der Waals surface area contributed by atoms with Crippen molar-refractivity contribution in [2.45, 2.75) is 41.5 Å². The highest BCUT2D eigenvalue weighted by atomic mass is 16.6. The number of hydrogen-bond donors (Lipinski definition) is 1. The van der Waals surface area contributed by atoms with Gasteiger partial charge >= 0.3 is 18.0 Å². The fourth-order valence-electron chi connectivity index (χ4n) is 2.78. The minimum absolute atomic E-state index is 0.0135. The predicted molar refractivity (Wildman–Crippen MR) is 93.9 cm³/mol. The summed E-state index contributed by atoms with van der Waals surface area (Å²) in [6.07, 6.45) is 0.364. The van der Waals surface area contributed by atoms with Gasteiger partial charge in [-0.05, 0) is 10.8 Å². The Balaban J connectivity index is 4.10. The van der Waals surface area contributed by atoms with Crippen LogP contribution in [0.4, 0.5) is 4.79 Å². The molecule has 0 aliphatic rings. The highest BCUT2D eigenvalue weighted by Crippen LogP contribution is 2.40. The minimum atomic E-state index is -0.672. The van der Waals surface area contributed by atoms with Crippen LogP contribution in [0.1, 0.15) is 41.5 Å². The summed E-state index contributed by atoms with van der Waals surface area (Å²) in [7, 11) is 0. The lowest BCUT2D eigenvalue weighted by atomic mass is 9.67. The van der Waals surface area contributed by atoms with E-state index < -0.39 is 12.1 Å². The molecular formula is C18H31NO6. The Kier molecular flexibility index (Phi) is 9.23. The molecule has 144 valence electrons. The summed E-state index contributed by atoms with van der Waals surface area (Å²) in [5.74, 6) is -1.15. The Morgan fingerprint density at radius 3 is 1.92 bits per heavy atom. The second-order valence-electron chi connectivity index (χ2n) is 7.77. The Bertz CT molecular complexity index is 459. The monoisotopic (exact) mass is 357 g/mol. The van der Waals surface area contributed by atoms with Crippen LogP contribution in [-0.4, -0.2) is 44.4 Å². The van der Waals surface area contributed by atoms with Gasteiger partial charge in [0.15, 0.2) is 0 Å². The molecule has 7 nitrogen and oxygen atoms in total. The first-order valence-corrected chi connectivity index (χ1v) is 8.26. The average molecular weight is 357 g/mol. The third kappa shape index (κ3) is 9.74. The molecule has 0 aromatic heterocycles. The van der Waals surface area contributed by atoms with Gasteiger partial charge in [0, 0.05) is 6.08 Å². The van der Waals surface area contributed by atoms with E-state index in [0.29, 0.717) is 0 Å². The number of nitrogens with one attached hydrogen (secondary N) is 1. The second kappa shape index (κ2) is 10.1. The van der Waals surface area contributed by atoms with E-state index in [1.54, 1.807) is 0 Å². The number of esters is 2. The molecule has 0 heterocycles. The molecule has 25 heavy (non-hydrogen) atoms. The van der Waals surface area contributed by atoms with Gasteiger partial charge in [-0.25, -0.2) is 9.59 Å². The van der Waals surface area contributed by atoms with E-state index >= 15 is 0 Å². The lowest BCUT2D eigenvalue weighted by Crippen LogP contribution is -2.40. The van der Waals surface area contributed by atoms with Gasteiger partial charge in [0.05, 0.1) is 12.5 Å². The number of ether oxygens (including phenoxy) is 3. The second-order valence-corrected chi connectivity index (χ2v) is 7.77. The summed E-state index contributed by atoms with van der Waals surface area (Å²) in [5.41, 5.74) is -0.479. The van der Waals surface area contributed by atoms with Crippen LogP contribution in [0, 0.1) is 16.7 Å². The zero-order chi connectivity index (χ0) is 19.7. The number of hydrogen-bond acceptors (Lipinski definition) is 6. The van der Waals surface area contributed by atoms with Crippen LogP contribution in [0.15, 0.2) is 12.7 Å². The molecule has 0 spiro atoms. The molecule has 0 bridgehead atoms. The third-order valence-corrected chi connectivity index (χ3v) is 3.31. The number of carbonyl (C=O) groups is 3. The number of rotatable bonds is 8. The first kappa shape index (κ1) is 22.9. The number of amides is 1. The first-order chi connectivity index (χ1) is 11.4. The molecule has 7 heteroatoms. The standard InChI is InChI=1S/C18H31NO6/c1-8-13(20)23-10-9-19-16(22)25-12-11-24-15(21)14(17(2,3)4)18(5,6)7/h8,14H,1,9-12H2,2-7H3,(H,19,22). The smallest absolute Gasteiger partial charge is 0.407 e. The van der Waals surface area contributed by atoms with Gasteiger partial charge in [0.25, 0.3) is 0 Å². The maximum Gasteiger partial charge on any atom is 0.407 e. The van der Waals surface area contributed by atoms with Crippen molar-refractivity contribution in [3.63, 3.8) is 0 Å². The minimum Gasteiger partial charge on any atom is -0.462 e. The molecule has 0 aromatic carbocycles. The lowest BCUT2D eigenvalue weighted by Gasteiger charge is -2.38. The summed E-state index contributed by atoms with van der Waals surface area (Å²) in [6, 6.07) is 0. The molecule has 0 rings (SSSR count). The van der Waals surface area contributed by atoms with E-state index in [1.165, 1.54) is 0 Å². The summed E-state index contributed by atoms with van der Waals surface area (Å²) >= 11 is 0. The average Bonchev–Trinajstić information content (AvgIpc) is 2.44. The van der Waals surface area contributed by atoms with Crippen LogP contribution in [0.2, 0.25) is 0 Å². The van der Waals surface area contributed by atoms with Gasteiger partial charge in [0.2, 0.25) is 0 Å². The fraction of sp³-hybridized carbons (Fsp3) is 0.722. The van der Waals surface area contributed by atoms with Crippen molar-refractivity contribution in [3.8, 4) is 0 Å². The summed E-state index contributed by atoms with van der Waals surface area (Å²) in [4.78, 5) is 34.6. The van der Waals surface area contributed by atoms with Gasteiger partial charge in [-0.1, -0.05) is 48.1 Å². The van der Waals surface area contributed by atoms with Gasteiger partial charge in [-0.2, -0.15) is 0 Å². The van der Waals surface area contributed by atoms with Crippen LogP contribution < -0.4 is 5.32 Å². The van der Waals surface area contributed by atoms with Crippen LogP contribution in [0.3, 0.4) is 0 Å². The molecule has 0 aliphatic heterocycles. The zero-order valence-electron chi connectivity index (χ0n) is 16.1. The summed E-state index contributed by atoms with van der Waals surface area (Å²) in [6.45, 7) is 15.3. The van der Waals surface area contributed by atoms with Crippen molar-refractivity contribution in [1.29, 1.82) is 0 Å². The van der Waals surface area contributed by atoms with Crippen LogP contribution in [0.5, 0.6) is 0 Å². The Labute approximate surface area is 150 Å². The molecule has 0 unspecified atom stereocenters. The fourth-order valence-corrected chi connectivity index (χ4v) is 2.78. The maximum atomic E-state index is 12.3. The Hall–Kier alpha value is -2.05. The van der Waals surface area contributed by atoms with E-state index in [2.05, 4.69) is 11.9 Å². The molecule has 0 fully saturated rings. The molecule has 0 aromatic rings. The summed E-state index contributed by atoms with van der Waals surface area (Å²) < 4.78 is 14.8. The van der Waals surface area contributed by atoms with E-state index in [-0.39, 0.29) is 49.1 Å². The zero-order valence-corrected chi connectivity index (χ0v) is 16.1. The Morgan fingerprint density at radius 2 is 1.44 bits per heavy atom. The first-order valence-electron chi connectivity index (χ1n) is 8.26. The largest absolute Gasteiger partial charge is 0.462 e. The molecule has 0 saturated heterocycles. The molecule has 1 N–H and O–H groups in total. The number of alkyl carbamates (subject to hydrolysis) is 1. The third-order valence-electron chi connectivity index (χ3n) is 3.31. The topological polar surface area (TPSA) is 90.9 Å². The Morgan fingerprint density at radius 1 is 0.920 bits per heavy atom. The van der Waals surface area contributed by atoms with E-state index in [1.807, 2.05) is 41.5 Å². The molecule has 1 amide bonds. The van der Waals surface area contributed by atoms with Gasteiger partial charge < -0.3 is 19.5 Å². The van der Waals surface area contributed by atoms with Gasteiger partial charge in [-0.3, -0.25) is 4.79 Å². The highest BCUT2D eigenvalue weighted by molar-refractivity contribution is 5.81. The summed E-state index contributed by atoms with van der Waals surface area (Å²) in [5, 5.41) is 2.41. The van der Waals surface area contributed by atoms with Crippen LogP contribution in [-0.2, 0) is 23.8 Å².